The smallest absolute Gasteiger partial charge is 0.114 e. The van der Waals surface area contributed by atoms with Crippen LogP contribution >= 0.6 is 0 Å². The fraction of sp³-hybridized carbons (Fsp3) is 0.333. The number of ether oxygens (including phenoxy) is 1. The molecular weight excluding hydrogens is 124 g/mol. The molecule has 0 amide bonds. The van der Waals surface area contributed by atoms with Crippen molar-refractivity contribution in [2.24, 2.45) is 0 Å². The molecule has 0 aromatic rings. The summed E-state index contributed by atoms with van der Waals surface area (Å²) >= 11 is 0. The zero-order valence-corrected chi connectivity index (χ0v) is 6.68. The Kier molecular flexibility index (Phi) is 4.38. The topological polar surface area (TPSA) is 9.23 Å². The number of methoxy groups -OCH3 is 1. The molecule has 0 aromatic heterocycles. The van der Waals surface area contributed by atoms with Crippen LogP contribution in [0.3, 0.4) is 0 Å². The molecule has 0 aromatic carbocycles. The molecule has 10 heavy (non-hydrogen) atoms. The van der Waals surface area contributed by atoms with Gasteiger partial charge in [-0.25, -0.2) is 0 Å². The maximum Gasteiger partial charge on any atom is 0.114 e. The summed E-state index contributed by atoms with van der Waals surface area (Å²) < 4.78 is 4.95. The summed E-state index contributed by atoms with van der Waals surface area (Å²) in [5.41, 5.74) is 1.12. The molecule has 1 nitrogen and oxygen atoms in total. The second-order valence-electron chi connectivity index (χ2n) is 2.18. The first-order valence-corrected chi connectivity index (χ1v) is 3.21. The Labute approximate surface area is 62.7 Å². The fourth-order valence-electron chi connectivity index (χ4n) is 0.525. The van der Waals surface area contributed by atoms with Crippen LogP contribution in [0.5, 0.6) is 0 Å². The maximum absolute atomic E-state index is 4.95. The van der Waals surface area contributed by atoms with Crippen molar-refractivity contribution in [3.63, 3.8) is 0 Å². The summed E-state index contributed by atoms with van der Waals surface area (Å²) in [5.74, 6) is 0.808. The van der Waals surface area contributed by atoms with Crippen molar-refractivity contribution in [2.45, 2.75) is 13.3 Å². The second-order valence-corrected chi connectivity index (χ2v) is 2.18. The van der Waals surface area contributed by atoms with E-state index in [9.17, 15) is 0 Å². The molecule has 0 radical (unpaired) electrons. The van der Waals surface area contributed by atoms with Crippen LogP contribution in [-0.2, 0) is 4.74 Å². The lowest BCUT2D eigenvalue weighted by Crippen LogP contribution is -1.80. The first kappa shape index (κ1) is 9.02. The van der Waals surface area contributed by atoms with E-state index in [0.29, 0.717) is 0 Å². The van der Waals surface area contributed by atoms with E-state index in [2.05, 4.69) is 13.2 Å². The summed E-state index contributed by atoms with van der Waals surface area (Å²) in [7, 11) is 1.63. The van der Waals surface area contributed by atoms with Crippen LogP contribution < -0.4 is 0 Å². The molecule has 0 heterocycles. The van der Waals surface area contributed by atoms with Crippen LogP contribution in [0.25, 0.3) is 0 Å². The van der Waals surface area contributed by atoms with Crippen molar-refractivity contribution in [3.8, 4) is 0 Å². The van der Waals surface area contributed by atoms with Crippen LogP contribution in [0.1, 0.15) is 13.3 Å². The van der Waals surface area contributed by atoms with Gasteiger partial charge in [0.25, 0.3) is 0 Å². The van der Waals surface area contributed by atoms with Crippen LogP contribution in [-0.4, -0.2) is 7.11 Å². The third-order valence-corrected chi connectivity index (χ3v) is 1.09. The zero-order valence-electron chi connectivity index (χ0n) is 6.68. The van der Waals surface area contributed by atoms with E-state index in [-0.39, 0.29) is 0 Å². The van der Waals surface area contributed by atoms with Gasteiger partial charge in [0, 0.05) is 0 Å². The molecule has 0 spiro atoms. The predicted molar refractivity (Wildman–Crippen MR) is 44.7 cm³/mol. The van der Waals surface area contributed by atoms with Crippen LogP contribution in [0, 0.1) is 0 Å². The van der Waals surface area contributed by atoms with Gasteiger partial charge in [0.2, 0.25) is 0 Å². The van der Waals surface area contributed by atoms with Crippen molar-refractivity contribution in [1.29, 1.82) is 0 Å². The van der Waals surface area contributed by atoms with Crippen molar-refractivity contribution in [3.05, 3.63) is 36.6 Å². The normalized spacial score (nSPS) is 10.8. The summed E-state index contributed by atoms with van der Waals surface area (Å²) in [6, 6.07) is 0. The molecule has 0 atom stereocenters. The van der Waals surface area contributed by atoms with E-state index >= 15 is 0 Å². The molecule has 1 heteroatoms. The lowest BCUT2D eigenvalue weighted by molar-refractivity contribution is 0.305. The minimum absolute atomic E-state index is 0.808. The average molecular weight is 138 g/mol. The van der Waals surface area contributed by atoms with E-state index in [1.165, 1.54) is 0 Å². The third-order valence-electron chi connectivity index (χ3n) is 1.09. The van der Waals surface area contributed by atoms with E-state index in [0.717, 1.165) is 17.8 Å². The van der Waals surface area contributed by atoms with Gasteiger partial charge in [-0.3, -0.25) is 0 Å². The lowest BCUT2D eigenvalue weighted by Gasteiger charge is -1.98. The highest BCUT2D eigenvalue weighted by Gasteiger charge is 1.86. The molecule has 0 bridgehead atoms. The Morgan fingerprint density at radius 1 is 1.60 bits per heavy atom. The van der Waals surface area contributed by atoms with Crippen LogP contribution in [0.4, 0.5) is 0 Å². The highest BCUT2D eigenvalue weighted by Crippen LogP contribution is 2.03. The maximum atomic E-state index is 4.95. The fourth-order valence-corrected chi connectivity index (χ4v) is 0.525. The second kappa shape index (κ2) is 4.86. The standard InChI is InChI=1S/C9H14O/c1-5-9(10-4)7-6-8(2)3/h5,7H,1-2,6H2,3-4H3. The molecule has 0 aliphatic rings. The van der Waals surface area contributed by atoms with Crippen molar-refractivity contribution in [1.82, 2.24) is 0 Å². The van der Waals surface area contributed by atoms with Gasteiger partial charge in [-0.05, 0) is 25.5 Å². The zero-order chi connectivity index (χ0) is 7.98. The Balaban J connectivity index is 3.86. The number of hydrogen-bond donors (Lipinski definition) is 0. The summed E-state index contributed by atoms with van der Waals surface area (Å²) in [6.07, 6.45) is 4.49. The van der Waals surface area contributed by atoms with Gasteiger partial charge in [-0.1, -0.05) is 18.7 Å². The number of hydrogen-bond acceptors (Lipinski definition) is 1. The van der Waals surface area contributed by atoms with Gasteiger partial charge in [0.15, 0.2) is 0 Å². The number of allylic oxidation sites excluding steroid dienone is 3. The Morgan fingerprint density at radius 2 is 2.20 bits per heavy atom. The van der Waals surface area contributed by atoms with E-state index in [1.807, 2.05) is 13.0 Å². The third kappa shape index (κ3) is 3.96. The monoisotopic (exact) mass is 138 g/mol. The highest BCUT2D eigenvalue weighted by molar-refractivity contribution is 5.11. The van der Waals surface area contributed by atoms with Crippen LogP contribution in [0.2, 0.25) is 0 Å². The van der Waals surface area contributed by atoms with Gasteiger partial charge < -0.3 is 4.74 Å². The Bertz CT molecular complexity index is 154. The molecule has 0 aliphatic carbocycles. The van der Waals surface area contributed by atoms with Gasteiger partial charge in [0.1, 0.15) is 5.76 Å². The molecule has 0 rings (SSSR count). The Morgan fingerprint density at radius 3 is 2.50 bits per heavy atom. The molecule has 0 saturated carbocycles. The van der Waals surface area contributed by atoms with Gasteiger partial charge in [-0.15, -0.1) is 0 Å². The van der Waals surface area contributed by atoms with E-state index in [1.54, 1.807) is 13.2 Å². The van der Waals surface area contributed by atoms with Crippen molar-refractivity contribution >= 4 is 0 Å². The minimum Gasteiger partial charge on any atom is -0.497 e. The van der Waals surface area contributed by atoms with Gasteiger partial charge in [0.05, 0.1) is 7.11 Å². The molecule has 0 aliphatic heterocycles. The Hall–Kier alpha value is -0.980. The largest absolute Gasteiger partial charge is 0.497 e. The predicted octanol–water partition coefficient (Wildman–Crippen LogP) is 2.67. The minimum atomic E-state index is 0.808. The lowest BCUT2D eigenvalue weighted by atomic mass is 10.2. The SMILES string of the molecule is C=CC(=CCC(=C)C)OC. The van der Waals surface area contributed by atoms with Gasteiger partial charge >= 0.3 is 0 Å². The van der Waals surface area contributed by atoms with E-state index < -0.39 is 0 Å². The molecule has 0 fully saturated rings. The van der Waals surface area contributed by atoms with Crippen molar-refractivity contribution in [2.75, 3.05) is 7.11 Å². The molecule has 0 unspecified atom stereocenters. The molecular formula is C9H14O. The summed E-state index contributed by atoms with van der Waals surface area (Å²) in [4.78, 5) is 0. The summed E-state index contributed by atoms with van der Waals surface area (Å²) in [5, 5.41) is 0. The quantitative estimate of drug-likeness (QED) is 0.329. The molecule has 0 N–H and O–H groups in total. The van der Waals surface area contributed by atoms with Crippen LogP contribution in [0.15, 0.2) is 36.6 Å². The average Bonchev–Trinajstić information content (AvgIpc) is 1.90. The summed E-state index contributed by atoms with van der Waals surface area (Å²) in [6.45, 7) is 9.33. The van der Waals surface area contributed by atoms with Gasteiger partial charge in [-0.2, -0.15) is 0 Å². The highest BCUT2D eigenvalue weighted by atomic mass is 16.5. The molecule has 0 saturated heterocycles. The van der Waals surface area contributed by atoms with Crippen molar-refractivity contribution < 1.29 is 4.74 Å². The first-order valence-electron chi connectivity index (χ1n) is 3.21. The first-order chi connectivity index (χ1) is 4.70. The molecule has 56 valence electrons. The number of rotatable bonds is 4. The van der Waals surface area contributed by atoms with E-state index in [4.69, 9.17) is 4.74 Å².